The van der Waals surface area contributed by atoms with Crippen LogP contribution in [-0.2, 0) is 9.59 Å². The Bertz CT molecular complexity index is 315. The molecule has 1 saturated heterocycles. The normalized spacial score (nSPS) is 26.3. The highest BCUT2D eigenvalue weighted by Gasteiger charge is 2.48. The van der Waals surface area contributed by atoms with E-state index in [0.717, 1.165) is 0 Å². The van der Waals surface area contributed by atoms with Crippen LogP contribution in [0.3, 0.4) is 0 Å². The van der Waals surface area contributed by atoms with E-state index in [9.17, 15) is 14.7 Å². The quantitative estimate of drug-likeness (QED) is 0.759. The average Bonchev–Trinajstić information content (AvgIpc) is 2.61. The van der Waals surface area contributed by atoms with Crippen LogP contribution in [0.5, 0.6) is 0 Å². The second-order valence-corrected chi connectivity index (χ2v) is 5.36. The Labute approximate surface area is 102 Å². The van der Waals surface area contributed by atoms with Crippen LogP contribution < -0.4 is 5.73 Å². The third-order valence-corrected chi connectivity index (χ3v) is 3.68. The molecule has 17 heavy (non-hydrogen) atoms. The summed E-state index contributed by atoms with van der Waals surface area (Å²) in [6.07, 6.45) is 0.818. The van der Waals surface area contributed by atoms with Crippen LogP contribution in [0.15, 0.2) is 0 Å². The lowest BCUT2D eigenvalue weighted by molar-refractivity contribution is -0.151. The van der Waals surface area contributed by atoms with Gasteiger partial charge in [0.2, 0.25) is 5.91 Å². The zero-order chi connectivity index (χ0) is 13.2. The Morgan fingerprint density at radius 3 is 2.35 bits per heavy atom. The van der Waals surface area contributed by atoms with Gasteiger partial charge in [-0.05, 0) is 19.3 Å². The molecule has 98 valence electrons. The number of carboxylic acids is 1. The minimum Gasteiger partial charge on any atom is -0.481 e. The first-order valence-corrected chi connectivity index (χ1v) is 6.06. The van der Waals surface area contributed by atoms with Gasteiger partial charge in [0.25, 0.3) is 0 Å². The Morgan fingerprint density at radius 2 is 2.00 bits per heavy atom. The summed E-state index contributed by atoms with van der Waals surface area (Å²) in [4.78, 5) is 24.9. The molecule has 0 spiro atoms. The zero-order valence-corrected chi connectivity index (χ0v) is 10.8. The van der Waals surface area contributed by atoms with Gasteiger partial charge in [0.1, 0.15) is 0 Å². The van der Waals surface area contributed by atoms with Gasteiger partial charge in [-0.15, -0.1) is 0 Å². The first-order chi connectivity index (χ1) is 7.79. The molecular weight excluding hydrogens is 220 g/mol. The van der Waals surface area contributed by atoms with E-state index in [1.165, 1.54) is 0 Å². The zero-order valence-electron chi connectivity index (χ0n) is 10.8. The number of carboxylic acid groups (broad SMARTS) is 1. The van der Waals surface area contributed by atoms with Crippen molar-refractivity contribution in [1.29, 1.82) is 0 Å². The molecule has 0 aliphatic carbocycles. The molecule has 1 aliphatic heterocycles. The van der Waals surface area contributed by atoms with Gasteiger partial charge in [-0.25, -0.2) is 0 Å². The van der Waals surface area contributed by atoms with Crippen LogP contribution >= 0.6 is 0 Å². The van der Waals surface area contributed by atoms with E-state index in [-0.39, 0.29) is 24.3 Å². The molecule has 0 aromatic heterocycles. The molecular formula is C12H22N2O3. The monoisotopic (exact) mass is 242 g/mol. The molecule has 5 heteroatoms. The fraction of sp³-hybridized carbons (Fsp3) is 0.833. The number of amides is 1. The number of carbonyl (C=O) groups excluding carboxylic acids is 1. The minimum absolute atomic E-state index is 0.0214. The Kier molecular flexibility index (Phi) is 4.14. The molecule has 2 unspecified atom stereocenters. The first kappa shape index (κ1) is 14.0. The van der Waals surface area contributed by atoms with Crippen LogP contribution in [0.2, 0.25) is 0 Å². The van der Waals surface area contributed by atoms with Gasteiger partial charge in [0.05, 0.1) is 5.41 Å². The molecule has 0 saturated carbocycles. The van der Waals surface area contributed by atoms with Crippen LogP contribution in [0.4, 0.5) is 0 Å². The maximum Gasteiger partial charge on any atom is 0.311 e. The van der Waals surface area contributed by atoms with Gasteiger partial charge in [-0.2, -0.15) is 0 Å². The molecule has 1 fully saturated rings. The van der Waals surface area contributed by atoms with E-state index < -0.39 is 11.4 Å². The maximum absolute atomic E-state index is 11.8. The molecule has 0 bridgehead atoms. The van der Waals surface area contributed by atoms with Gasteiger partial charge in [-0.1, -0.05) is 13.8 Å². The second kappa shape index (κ2) is 5.04. The van der Waals surface area contributed by atoms with Crippen molar-refractivity contribution in [2.45, 2.75) is 39.7 Å². The Balaban J connectivity index is 2.73. The van der Waals surface area contributed by atoms with E-state index in [1.807, 2.05) is 13.8 Å². The summed E-state index contributed by atoms with van der Waals surface area (Å²) in [6.45, 7) is 6.41. The van der Waals surface area contributed by atoms with Crippen LogP contribution in [0.25, 0.3) is 0 Å². The van der Waals surface area contributed by atoms with E-state index in [4.69, 9.17) is 5.73 Å². The van der Waals surface area contributed by atoms with Gasteiger partial charge in [-0.3, -0.25) is 9.59 Å². The van der Waals surface area contributed by atoms with Crippen LogP contribution in [-0.4, -0.2) is 41.0 Å². The topological polar surface area (TPSA) is 83.6 Å². The number of carbonyl (C=O) groups is 2. The van der Waals surface area contributed by atoms with E-state index in [1.54, 1.807) is 11.8 Å². The standard InChI is InChI=1S/C12H22N2O3/c1-8(2)12(11(16)17)4-5-14(7-12)10(15)6-9(3)13/h8-9H,4-7,13H2,1-3H3,(H,16,17). The predicted octanol–water partition coefficient (Wildman–Crippen LogP) is 0.683. The highest BCUT2D eigenvalue weighted by molar-refractivity contribution is 5.81. The van der Waals surface area contributed by atoms with Gasteiger partial charge in [0, 0.05) is 25.6 Å². The van der Waals surface area contributed by atoms with Crippen molar-refractivity contribution in [3.8, 4) is 0 Å². The number of hydrogen-bond donors (Lipinski definition) is 2. The van der Waals surface area contributed by atoms with Gasteiger partial charge in [0.15, 0.2) is 0 Å². The van der Waals surface area contributed by atoms with E-state index >= 15 is 0 Å². The van der Waals surface area contributed by atoms with Crippen molar-refractivity contribution in [3.63, 3.8) is 0 Å². The van der Waals surface area contributed by atoms with E-state index in [0.29, 0.717) is 19.5 Å². The van der Waals surface area contributed by atoms with Crippen molar-refractivity contribution in [2.75, 3.05) is 13.1 Å². The maximum atomic E-state index is 11.8. The lowest BCUT2D eigenvalue weighted by Crippen LogP contribution is -2.41. The van der Waals surface area contributed by atoms with Crippen molar-refractivity contribution in [1.82, 2.24) is 4.90 Å². The Hall–Kier alpha value is -1.10. The van der Waals surface area contributed by atoms with Gasteiger partial charge < -0.3 is 15.7 Å². The predicted molar refractivity (Wildman–Crippen MR) is 64.4 cm³/mol. The summed E-state index contributed by atoms with van der Waals surface area (Å²) in [5.41, 5.74) is 4.80. The highest BCUT2D eigenvalue weighted by Crippen LogP contribution is 2.38. The molecule has 1 rings (SSSR count). The highest BCUT2D eigenvalue weighted by atomic mass is 16.4. The smallest absolute Gasteiger partial charge is 0.311 e. The summed E-state index contributed by atoms with van der Waals surface area (Å²) >= 11 is 0. The van der Waals surface area contributed by atoms with Gasteiger partial charge >= 0.3 is 5.97 Å². The molecule has 1 amide bonds. The third kappa shape index (κ3) is 2.77. The summed E-state index contributed by atoms with van der Waals surface area (Å²) in [5.74, 6) is -0.819. The lowest BCUT2D eigenvalue weighted by atomic mass is 9.76. The molecule has 0 aromatic carbocycles. The first-order valence-electron chi connectivity index (χ1n) is 6.06. The largest absolute Gasteiger partial charge is 0.481 e. The molecule has 2 atom stereocenters. The summed E-state index contributed by atoms with van der Waals surface area (Å²) in [6, 6.07) is -0.179. The molecule has 0 radical (unpaired) electrons. The van der Waals surface area contributed by atoms with Crippen molar-refractivity contribution < 1.29 is 14.7 Å². The number of rotatable bonds is 4. The molecule has 5 nitrogen and oxygen atoms in total. The fourth-order valence-corrected chi connectivity index (χ4v) is 2.34. The van der Waals surface area contributed by atoms with Crippen molar-refractivity contribution in [2.24, 2.45) is 17.1 Å². The minimum atomic E-state index is -0.802. The SMILES string of the molecule is CC(N)CC(=O)N1CCC(C(=O)O)(C(C)C)C1. The molecule has 1 heterocycles. The summed E-state index contributed by atoms with van der Waals surface area (Å²) in [7, 11) is 0. The van der Waals surface area contributed by atoms with Crippen LogP contribution in [0, 0.1) is 11.3 Å². The van der Waals surface area contributed by atoms with Crippen molar-refractivity contribution >= 4 is 11.9 Å². The molecule has 3 N–H and O–H groups in total. The second-order valence-electron chi connectivity index (χ2n) is 5.36. The Morgan fingerprint density at radius 1 is 1.41 bits per heavy atom. The van der Waals surface area contributed by atoms with E-state index in [2.05, 4.69) is 0 Å². The number of nitrogens with two attached hydrogens (primary N) is 1. The fourth-order valence-electron chi connectivity index (χ4n) is 2.34. The lowest BCUT2D eigenvalue weighted by Gasteiger charge is -2.28. The van der Waals surface area contributed by atoms with Crippen molar-refractivity contribution in [3.05, 3.63) is 0 Å². The number of nitrogens with zero attached hydrogens (tertiary/aromatic N) is 1. The van der Waals surface area contributed by atoms with Crippen LogP contribution in [0.1, 0.15) is 33.6 Å². The number of aliphatic carboxylic acids is 1. The average molecular weight is 242 g/mol. The third-order valence-electron chi connectivity index (χ3n) is 3.68. The number of hydrogen-bond acceptors (Lipinski definition) is 3. The molecule has 1 aliphatic rings. The molecule has 0 aromatic rings. The summed E-state index contributed by atoms with van der Waals surface area (Å²) in [5, 5.41) is 9.35. The number of likely N-dealkylation sites (tertiary alicyclic amines) is 1. The summed E-state index contributed by atoms with van der Waals surface area (Å²) < 4.78 is 0.